The quantitative estimate of drug-likeness (QED) is 0.311. The maximum atomic E-state index is 15.8. The highest BCUT2D eigenvalue weighted by Crippen LogP contribution is 2.70. The van der Waals surface area contributed by atoms with E-state index in [1.54, 1.807) is 0 Å². The van der Waals surface area contributed by atoms with Crippen LogP contribution in [0.2, 0.25) is 0 Å². The minimum Gasteiger partial charge on any atom is -0.0970 e. The molecule has 6 aliphatic rings. The molecule has 0 radical (unpaired) electrons. The summed E-state index contributed by atoms with van der Waals surface area (Å²) in [6.07, 6.45) is 30.0. The average Bonchev–Trinajstić information content (AvgIpc) is 3.63. The van der Waals surface area contributed by atoms with Crippen molar-refractivity contribution < 1.29 is 4.57 Å². The van der Waals surface area contributed by atoms with Crippen LogP contribution in [0, 0.1) is 29.6 Å². The van der Waals surface area contributed by atoms with Crippen molar-refractivity contribution in [3.63, 3.8) is 0 Å². The molecule has 9 unspecified atom stereocenters. The van der Waals surface area contributed by atoms with Crippen molar-refractivity contribution in [2.45, 2.75) is 177 Å². The molecule has 1 aromatic rings. The molecule has 0 N–H and O–H groups in total. The largest absolute Gasteiger partial charge is 0.384 e. The standard InChI is InChI=1S/C39H61OP2/c1-28-25-26-39(38(28)29(2)41(32-17-8-4-9-18-32)33-19-10-5-11-20-33)31-16-7-3-6-15-30(27-31)34-22-14-23-35(34)36-21-12-13-24-37(36)42(39)40/h12-13,21,24,28-35,38H,3-11,14-20,22-23,25-27H2,1-2H3/q+1. The molecule has 42 heavy (non-hydrogen) atoms. The zero-order valence-corrected chi connectivity index (χ0v) is 28.9. The summed E-state index contributed by atoms with van der Waals surface area (Å²) in [6.45, 7) is 5.39. The normalized spacial score (nSPS) is 40.0. The van der Waals surface area contributed by atoms with E-state index in [1.165, 1.54) is 146 Å². The number of hydrogen-bond donors (Lipinski definition) is 0. The maximum Gasteiger partial charge on any atom is 0.384 e. The van der Waals surface area contributed by atoms with Crippen LogP contribution in [0.5, 0.6) is 0 Å². The number of hydrogen-bond acceptors (Lipinski definition) is 1. The van der Waals surface area contributed by atoms with Gasteiger partial charge in [0.05, 0.1) is 0 Å². The zero-order valence-electron chi connectivity index (χ0n) is 27.2. The highest BCUT2D eigenvalue weighted by molar-refractivity contribution is 7.60. The smallest absolute Gasteiger partial charge is 0.0970 e. The van der Waals surface area contributed by atoms with Gasteiger partial charge in [-0.05, 0) is 111 Å². The second-order valence-electron chi connectivity index (χ2n) is 16.2. The Bertz CT molecular complexity index is 1050. The lowest BCUT2D eigenvalue weighted by Crippen LogP contribution is -2.47. The zero-order chi connectivity index (χ0) is 28.7. The van der Waals surface area contributed by atoms with Crippen LogP contribution in [0.1, 0.15) is 160 Å². The molecule has 5 aliphatic carbocycles. The average molecular weight is 608 g/mol. The molecular weight excluding hydrogens is 546 g/mol. The summed E-state index contributed by atoms with van der Waals surface area (Å²) in [5.74, 6) is 4.42. The SMILES string of the molecule is CC1CCC2(C3CCCCCC(C3)C3CCCC3c3ccccc3[P+]2=O)C1C(C)P(C1CCCCC1)C1CCCCC1. The fraction of sp³-hybridized carbons (Fsp3) is 0.846. The second-order valence-corrected chi connectivity index (χ2v) is 21.3. The summed E-state index contributed by atoms with van der Waals surface area (Å²) < 4.78 is 15.8. The van der Waals surface area contributed by atoms with Crippen molar-refractivity contribution in [3.05, 3.63) is 29.8 Å². The van der Waals surface area contributed by atoms with Crippen LogP contribution >= 0.6 is 15.7 Å². The third-order valence-electron chi connectivity index (χ3n) is 14.2. The molecule has 7 rings (SSSR count). The molecular formula is C39H61OP2+. The molecule has 9 atom stereocenters. The molecule has 5 saturated carbocycles. The van der Waals surface area contributed by atoms with E-state index in [9.17, 15) is 0 Å². The lowest BCUT2D eigenvalue weighted by atomic mass is 9.67. The van der Waals surface area contributed by atoms with Crippen LogP contribution in [-0.4, -0.2) is 22.1 Å². The second kappa shape index (κ2) is 13.2. The Hall–Kier alpha value is -0.250. The number of rotatable bonds is 4. The number of benzene rings is 1. The maximum absolute atomic E-state index is 15.8. The Balaban J connectivity index is 1.35. The fourth-order valence-electron chi connectivity index (χ4n) is 12.5. The minimum absolute atomic E-state index is 0.0221. The summed E-state index contributed by atoms with van der Waals surface area (Å²) in [5.41, 5.74) is 4.29. The van der Waals surface area contributed by atoms with Crippen molar-refractivity contribution in [3.8, 4) is 0 Å². The molecule has 232 valence electrons. The molecule has 3 heteroatoms. The first kappa shape index (κ1) is 30.4. The van der Waals surface area contributed by atoms with Gasteiger partial charge in [0.15, 0.2) is 10.5 Å². The van der Waals surface area contributed by atoms with E-state index >= 15 is 4.57 Å². The Labute approximate surface area is 261 Å². The van der Waals surface area contributed by atoms with E-state index in [0.29, 0.717) is 17.8 Å². The van der Waals surface area contributed by atoms with Crippen molar-refractivity contribution in [2.24, 2.45) is 29.6 Å². The van der Waals surface area contributed by atoms with Crippen molar-refractivity contribution in [2.75, 3.05) is 0 Å². The van der Waals surface area contributed by atoms with Crippen LogP contribution in [0.3, 0.4) is 0 Å². The van der Waals surface area contributed by atoms with Gasteiger partial charge in [0.2, 0.25) is 0 Å². The fourth-order valence-corrected chi connectivity index (χ4v) is 20.2. The van der Waals surface area contributed by atoms with Gasteiger partial charge in [0.1, 0.15) is 0 Å². The van der Waals surface area contributed by atoms with Crippen LogP contribution in [-0.2, 0) is 4.57 Å². The van der Waals surface area contributed by atoms with Crippen LogP contribution in [0.25, 0.3) is 0 Å². The molecule has 0 aromatic heterocycles. The first-order chi connectivity index (χ1) is 20.6. The summed E-state index contributed by atoms with van der Waals surface area (Å²) in [5, 5.41) is 1.36. The minimum atomic E-state index is -1.43. The molecule has 0 saturated heterocycles. The van der Waals surface area contributed by atoms with Gasteiger partial charge in [-0.25, -0.2) is 0 Å². The highest BCUT2D eigenvalue weighted by Gasteiger charge is 2.67. The summed E-state index contributed by atoms with van der Waals surface area (Å²) in [4.78, 5) is 0. The molecule has 2 bridgehead atoms. The topological polar surface area (TPSA) is 17.1 Å². The summed E-state index contributed by atoms with van der Waals surface area (Å²) in [7, 11) is -1.45. The van der Waals surface area contributed by atoms with Gasteiger partial charge in [0, 0.05) is 17.4 Å². The van der Waals surface area contributed by atoms with Crippen LogP contribution in [0.15, 0.2) is 24.3 Å². The lowest BCUT2D eigenvalue weighted by molar-refractivity contribution is 0.155. The highest BCUT2D eigenvalue weighted by atomic mass is 31.1. The molecule has 0 amide bonds. The lowest BCUT2D eigenvalue weighted by Gasteiger charge is -2.48. The van der Waals surface area contributed by atoms with Gasteiger partial charge < -0.3 is 0 Å². The first-order valence-corrected chi connectivity index (χ1v) is 21.7. The predicted molar refractivity (Wildman–Crippen MR) is 183 cm³/mol. The molecule has 1 spiro atoms. The van der Waals surface area contributed by atoms with E-state index in [0.717, 1.165) is 34.7 Å². The Morgan fingerprint density at radius 1 is 0.762 bits per heavy atom. The van der Waals surface area contributed by atoms with E-state index < -0.39 is 7.80 Å². The third kappa shape index (κ3) is 5.44. The van der Waals surface area contributed by atoms with E-state index in [-0.39, 0.29) is 13.1 Å². The van der Waals surface area contributed by atoms with Gasteiger partial charge >= 0.3 is 7.80 Å². The molecule has 1 aromatic carbocycles. The molecule has 5 fully saturated rings. The van der Waals surface area contributed by atoms with Crippen molar-refractivity contribution in [1.82, 2.24) is 0 Å². The first-order valence-electron chi connectivity index (χ1n) is 18.9. The van der Waals surface area contributed by atoms with Gasteiger partial charge in [-0.15, -0.1) is 0 Å². The third-order valence-corrected chi connectivity index (χ3v) is 20.7. The monoisotopic (exact) mass is 607 g/mol. The predicted octanol–water partition coefficient (Wildman–Crippen LogP) is 11.9. The van der Waals surface area contributed by atoms with Gasteiger partial charge in [-0.2, -0.15) is 0 Å². The van der Waals surface area contributed by atoms with Crippen LogP contribution in [0.4, 0.5) is 0 Å². The summed E-state index contributed by atoms with van der Waals surface area (Å²) in [6, 6.07) is 9.36. The van der Waals surface area contributed by atoms with Crippen molar-refractivity contribution in [1.29, 1.82) is 0 Å². The van der Waals surface area contributed by atoms with E-state index in [1.807, 2.05) is 0 Å². The molecule has 1 aliphatic heterocycles. The van der Waals surface area contributed by atoms with Crippen molar-refractivity contribution >= 4 is 21.0 Å². The Kier molecular flexibility index (Phi) is 9.58. The Morgan fingerprint density at radius 3 is 2.12 bits per heavy atom. The Morgan fingerprint density at radius 2 is 1.40 bits per heavy atom. The van der Waals surface area contributed by atoms with E-state index in [2.05, 4.69) is 38.1 Å². The van der Waals surface area contributed by atoms with Gasteiger partial charge in [0.25, 0.3) is 0 Å². The number of fused-ring (bicyclic) bond motifs is 7. The molecule has 1 heterocycles. The molecule has 1 nitrogen and oxygen atoms in total. The van der Waals surface area contributed by atoms with Gasteiger partial charge in [-0.1, -0.05) is 115 Å². The van der Waals surface area contributed by atoms with Gasteiger partial charge in [-0.3, -0.25) is 0 Å². The van der Waals surface area contributed by atoms with E-state index in [4.69, 9.17) is 0 Å². The summed E-state index contributed by atoms with van der Waals surface area (Å²) >= 11 is 0. The van der Waals surface area contributed by atoms with Crippen LogP contribution < -0.4 is 5.30 Å².